The zero-order valence-corrected chi connectivity index (χ0v) is 23.4. The zero-order valence-electron chi connectivity index (χ0n) is 23.4. The second-order valence-corrected chi connectivity index (χ2v) is 10.1. The molecule has 5 rings (SSSR count). The van der Waals surface area contributed by atoms with Crippen LogP contribution in [0.3, 0.4) is 0 Å². The summed E-state index contributed by atoms with van der Waals surface area (Å²) in [6.07, 6.45) is 1.81. The number of ether oxygens (including phenoxy) is 3. The second kappa shape index (κ2) is 14.2. The first-order valence-corrected chi connectivity index (χ1v) is 14.1. The Morgan fingerprint density at radius 1 is 0.610 bits per heavy atom. The van der Waals surface area contributed by atoms with Crippen molar-refractivity contribution in [2.75, 3.05) is 7.11 Å². The summed E-state index contributed by atoms with van der Waals surface area (Å²) < 4.78 is 17.5. The van der Waals surface area contributed by atoms with Crippen LogP contribution in [-0.2, 0) is 19.6 Å². The molecule has 0 saturated heterocycles. The van der Waals surface area contributed by atoms with Gasteiger partial charge in [-0.15, -0.1) is 0 Å². The van der Waals surface area contributed by atoms with E-state index < -0.39 is 6.10 Å². The third-order valence-electron chi connectivity index (χ3n) is 7.16. The Kier molecular flexibility index (Phi) is 9.70. The molecule has 5 aromatic carbocycles. The van der Waals surface area contributed by atoms with Crippen molar-refractivity contribution in [1.82, 2.24) is 0 Å². The fourth-order valence-electron chi connectivity index (χ4n) is 4.79. The van der Waals surface area contributed by atoms with E-state index >= 15 is 0 Å². The first kappa shape index (κ1) is 28.0. The van der Waals surface area contributed by atoms with Gasteiger partial charge in [0.2, 0.25) is 0 Å². The average Bonchev–Trinajstić information content (AvgIpc) is 3.04. The predicted molar refractivity (Wildman–Crippen MR) is 164 cm³/mol. The highest BCUT2D eigenvalue weighted by molar-refractivity contribution is 5.66. The summed E-state index contributed by atoms with van der Waals surface area (Å²) in [7, 11) is 1.71. The normalized spacial score (nSPS) is 11.6. The summed E-state index contributed by atoms with van der Waals surface area (Å²) in [4.78, 5) is 0. The van der Waals surface area contributed by atoms with E-state index in [4.69, 9.17) is 14.2 Å². The van der Waals surface area contributed by atoms with Crippen LogP contribution in [0.25, 0.3) is 11.1 Å². The molecule has 0 aliphatic heterocycles. The Morgan fingerprint density at radius 2 is 1.15 bits per heavy atom. The van der Waals surface area contributed by atoms with Crippen molar-refractivity contribution >= 4 is 0 Å². The number of aliphatic hydroxyl groups excluding tert-OH is 1. The Morgan fingerprint density at radius 3 is 1.71 bits per heavy atom. The van der Waals surface area contributed by atoms with E-state index in [1.54, 1.807) is 7.11 Å². The van der Waals surface area contributed by atoms with Crippen LogP contribution < -0.4 is 14.2 Å². The largest absolute Gasteiger partial charge is 0.496 e. The molecule has 0 amide bonds. The number of aliphatic hydroxyl groups is 1. The molecule has 0 fully saturated rings. The summed E-state index contributed by atoms with van der Waals surface area (Å²) in [5, 5.41) is 10.8. The van der Waals surface area contributed by atoms with Crippen molar-refractivity contribution in [3.63, 3.8) is 0 Å². The van der Waals surface area contributed by atoms with Gasteiger partial charge in [-0.3, -0.25) is 0 Å². The summed E-state index contributed by atoms with van der Waals surface area (Å²) in [5.41, 5.74) is 6.50. The predicted octanol–water partition coefficient (Wildman–Crippen LogP) is 8.58. The third kappa shape index (κ3) is 8.00. The number of hydrogen-bond donors (Lipinski definition) is 1. The van der Waals surface area contributed by atoms with Crippen molar-refractivity contribution in [3.8, 4) is 28.4 Å². The van der Waals surface area contributed by atoms with Gasteiger partial charge in [-0.2, -0.15) is 0 Å². The van der Waals surface area contributed by atoms with Gasteiger partial charge >= 0.3 is 0 Å². The molecule has 0 spiro atoms. The zero-order chi connectivity index (χ0) is 28.3. The van der Waals surface area contributed by atoms with Gasteiger partial charge in [-0.05, 0) is 83.0 Å². The van der Waals surface area contributed by atoms with Gasteiger partial charge in [-0.25, -0.2) is 0 Å². The molecule has 0 bridgehead atoms. The van der Waals surface area contributed by atoms with E-state index in [0.29, 0.717) is 19.6 Å². The van der Waals surface area contributed by atoms with Gasteiger partial charge in [0, 0.05) is 0 Å². The van der Waals surface area contributed by atoms with Gasteiger partial charge in [0.15, 0.2) is 0 Å². The molecule has 41 heavy (non-hydrogen) atoms. The highest BCUT2D eigenvalue weighted by Gasteiger charge is 2.11. The smallest absolute Gasteiger partial charge is 0.122 e. The molecule has 0 aliphatic rings. The fraction of sp³-hybridized carbons (Fsp3) is 0.189. The molecule has 0 heterocycles. The summed E-state index contributed by atoms with van der Waals surface area (Å²) in [6, 6.07) is 42.5. The van der Waals surface area contributed by atoms with Crippen LogP contribution in [-0.4, -0.2) is 12.2 Å². The van der Waals surface area contributed by atoms with Crippen LogP contribution in [0.5, 0.6) is 17.2 Å². The van der Waals surface area contributed by atoms with Crippen LogP contribution >= 0.6 is 0 Å². The minimum atomic E-state index is -0.522. The summed E-state index contributed by atoms with van der Waals surface area (Å²) in [6.45, 7) is 1.07. The molecular weight excluding hydrogens is 508 g/mol. The van der Waals surface area contributed by atoms with Gasteiger partial charge in [0.25, 0.3) is 0 Å². The van der Waals surface area contributed by atoms with Gasteiger partial charge in [0.05, 0.1) is 13.2 Å². The van der Waals surface area contributed by atoms with Crippen LogP contribution in [0.1, 0.15) is 41.2 Å². The first-order valence-electron chi connectivity index (χ1n) is 14.1. The van der Waals surface area contributed by atoms with E-state index in [1.165, 1.54) is 0 Å². The maximum absolute atomic E-state index is 10.8. The molecule has 0 saturated carbocycles. The maximum Gasteiger partial charge on any atom is 0.122 e. The lowest BCUT2D eigenvalue weighted by atomic mass is 9.98. The van der Waals surface area contributed by atoms with E-state index in [9.17, 15) is 5.11 Å². The molecule has 4 nitrogen and oxygen atoms in total. The molecule has 5 aromatic rings. The number of rotatable bonds is 13. The Bertz CT molecular complexity index is 1480. The molecular formula is C37H36O4. The van der Waals surface area contributed by atoms with E-state index in [0.717, 1.165) is 63.5 Å². The molecule has 1 unspecified atom stereocenters. The quantitative estimate of drug-likeness (QED) is 0.161. The van der Waals surface area contributed by atoms with E-state index in [-0.39, 0.29) is 0 Å². The SMILES string of the molecule is COc1cc(-c2ccc(OCc3ccccc3)cc2)ccc1CCCC(O)c1ccc(OCc2ccccc2)cc1. The van der Waals surface area contributed by atoms with Crippen LogP contribution in [0.2, 0.25) is 0 Å². The monoisotopic (exact) mass is 544 g/mol. The lowest BCUT2D eigenvalue weighted by molar-refractivity contribution is 0.164. The highest BCUT2D eigenvalue weighted by Crippen LogP contribution is 2.31. The minimum Gasteiger partial charge on any atom is -0.496 e. The molecule has 1 N–H and O–H groups in total. The number of hydrogen-bond acceptors (Lipinski definition) is 4. The third-order valence-corrected chi connectivity index (χ3v) is 7.16. The van der Waals surface area contributed by atoms with E-state index in [2.05, 4.69) is 42.5 Å². The Balaban J connectivity index is 1.11. The first-order chi connectivity index (χ1) is 20.2. The second-order valence-electron chi connectivity index (χ2n) is 10.1. The average molecular weight is 545 g/mol. The van der Waals surface area contributed by atoms with Gasteiger partial charge in [-0.1, -0.05) is 97.1 Å². The molecule has 0 aliphatic carbocycles. The maximum atomic E-state index is 10.8. The Hall–Kier alpha value is -4.54. The van der Waals surface area contributed by atoms with Crippen molar-refractivity contribution < 1.29 is 19.3 Å². The topological polar surface area (TPSA) is 47.9 Å². The fourth-order valence-corrected chi connectivity index (χ4v) is 4.79. The molecule has 4 heteroatoms. The van der Waals surface area contributed by atoms with Gasteiger partial charge < -0.3 is 19.3 Å². The lowest BCUT2D eigenvalue weighted by Crippen LogP contribution is -2.00. The van der Waals surface area contributed by atoms with Crippen LogP contribution in [0, 0.1) is 0 Å². The lowest BCUT2D eigenvalue weighted by Gasteiger charge is -2.14. The summed E-state index contributed by atoms with van der Waals surface area (Å²) in [5.74, 6) is 2.50. The molecule has 0 radical (unpaired) electrons. The molecule has 1 atom stereocenters. The van der Waals surface area contributed by atoms with Crippen molar-refractivity contribution in [3.05, 3.63) is 150 Å². The summed E-state index contributed by atoms with van der Waals surface area (Å²) >= 11 is 0. The van der Waals surface area contributed by atoms with E-state index in [1.807, 2.05) is 84.9 Å². The van der Waals surface area contributed by atoms with Crippen LogP contribution in [0.15, 0.2) is 127 Å². The minimum absolute atomic E-state index is 0.522. The van der Waals surface area contributed by atoms with Crippen molar-refractivity contribution in [1.29, 1.82) is 0 Å². The number of aryl methyl sites for hydroxylation is 1. The van der Waals surface area contributed by atoms with Gasteiger partial charge in [0.1, 0.15) is 30.5 Å². The Labute approximate surface area is 242 Å². The number of benzene rings is 5. The standard InChI is InChI=1S/C37H36O4/c1-39-37-25-33(30-17-21-34(22-18-30)40-26-28-9-4-2-5-10-28)16-15-32(37)13-8-14-36(38)31-19-23-35(24-20-31)41-27-29-11-6-3-7-12-29/h2-7,9-12,15-25,36,38H,8,13-14,26-27H2,1H3. The molecule has 0 aromatic heterocycles. The van der Waals surface area contributed by atoms with Crippen molar-refractivity contribution in [2.24, 2.45) is 0 Å². The highest BCUT2D eigenvalue weighted by atomic mass is 16.5. The van der Waals surface area contributed by atoms with Crippen molar-refractivity contribution in [2.45, 2.75) is 38.6 Å². The molecule has 208 valence electrons. The number of methoxy groups -OCH3 is 1. The van der Waals surface area contributed by atoms with Crippen LogP contribution in [0.4, 0.5) is 0 Å².